The molecule has 4 heteroatoms. The Bertz CT molecular complexity index is 432. The van der Waals surface area contributed by atoms with Crippen LogP contribution in [0.2, 0.25) is 0 Å². The standard InChI is InChI=1S/C15H22N4/c1-2-19(12-14-4-3-6-17-10-14)11-13-5-7-18-15(8-13)9-16/h5,7-8,14,17H,2-4,6,10-12H2,1H3. The molecule has 0 bridgehead atoms. The van der Waals surface area contributed by atoms with E-state index in [2.05, 4.69) is 28.2 Å². The number of piperidine rings is 1. The second-order valence-corrected chi connectivity index (χ2v) is 5.20. The maximum atomic E-state index is 8.88. The normalized spacial score (nSPS) is 19.3. The second-order valence-electron chi connectivity index (χ2n) is 5.20. The lowest BCUT2D eigenvalue weighted by molar-refractivity contribution is 0.209. The first-order chi connectivity index (χ1) is 9.31. The lowest BCUT2D eigenvalue weighted by Gasteiger charge is -2.29. The van der Waals surface area contributed by atoms with Crippen molar-refractivity contribution in [1.82, 2.24) is 15.2 Å². The highest BCUT2D eigenvalue weighted by Gasteiger charge is 2.16. The molecule has 1 fully saturated rings. The average molecular weight is 258 g/mol. The van der Waals surface area contributed by atoms with Crippen LogP contribution < -0.4 is 5.32 Å². The molecule has 0 aromatic carbocycles. The van der Waals surface area contributed by atoms with Crippen LogP contribution in [0.15, 0.2) is 18.3 Å². The topological polar surface area (TPSA) is 52.0 Å². The third kappa shape index (κ3) is 4.30. The van der Waals surface area contributed by atoms with E-state index >= 15 is 0 Å². The van der Waals surface area contributed by atoms with E-state index in [9.17, 15) is 0 Å². The Labute approximate surface area is 115 Å². The molecule has 0 spiro atoms. The summed E-state index contributed by atoms with van der Waals surface area (Å²) in [4.78, 5) is 6.47. The van der Waals surface area contributed by atoms with Crippen molar-refractivity contribution in [2.24, 2.45) is 5.92 Å². The predicted molar refractivity (Wildman–Crippen MR) is 75.5 cm³/mol. The maximum absolute atomic E-state index is 8.88. The van der Waals surface area contributed by atoms with E-state index in [1.807, 2.05) is 12.1 Å². The molecule has 4 nitrogen and oxygen atoms in total. The van der Waals surface area contributed by atoms with Crippen molar-refractivity contribution in [3.05, 3.63) is 29.6 Å². The fourth-order valence-electron chi connectivity index (χ4n) is 2.64. The molecule has 1 saturated heterocycles. The van der Waals surface area contributed by atoms with Crippen LogP contribution in [-0.2, 0) is 6.54 Å². The van der Waals surface area contributed by atoms with Gasteiger partial charge < -0.3 is 5.32 Å². The van der Waals surface area contributed by atoms with Crippen LogP contribution in [-0.4, -0.2) is 36.1 Å². The number of aromatic nitrogens is 1. The number of nitrogens with one attached hydrogen (secondary N) is 1. The van der Waals surface area contributed by atoms with Gasteiger partial charge in [0.15, 0.2) is 0 Å². The number of hydrogen-bond acceptors (Lipinski definition) is 4. The Morgan fingerprint density at radius 2 is 2.47 bits per heavy atom. The summed E-state index contributed by atoms with van der Waals surface area (Å²) < 4.78 is 0. The molecular formula is C15H22N4. The minimum absolute atomic E-state index is 0.507. The number of rotatable bonds is 5. The summed E-state index contributed by atoms with van der Waals surface area (Å²) in [6, 6.07) is 5.99. The van der Waals surface area contributed by atoms with Crippen LogP contribution in [0, 0.1) is 17.2 Å². The minimum Gasteiger partial charge on any atom is -0.316 e. The summed E-state index contributed by atoms with van der Waals surface area (Å²) >= 11 is 0. The zero-order chi connectivity index (χ0) is 13.5. The summed E-state index contributed by atoms with van der Waals surface area (Å²) in [7, 11) is 0. The van der Waals surface area contributed by atoms with Gasteiger partial charge in [0, 0.05) is 19.3 Å². The molecule has 2 rings (SSSR count). The van der Waals surface area contributed by atoms with Crippen LogP contribution in [0.25, 0.3) is 0 Å². The van der Waals surface area contributed by atoms with Gasteiger partial charge in [-0.15, -0.1) is 0 Å². The van der Waals surface area contributed by atoms with Gasteiger partial charge in [-0.2, -0.15) is 5.26 Å². The number of pyridine rings is 1. The van der Waals surface area contributed by atoms with E-state index in [4.69, 9.17) is 5.26 Å². The van der Waals surface area contributed by atoms with Crippen molar-refractivity contribution in [3.63, 3.8) is 0 Å². The molecule has 0 amide bonds. The van der Waals surface area contributed by atoms with E-state index < -0.39 is 0 Å². The summed E-state index contributed by atoms with van der Waals surface area (Å²) in [5.74, 6) is 0.756. The first-order valence-electron chi connectivity index (χ1n) is 7.10. The van der Waals surface area contributed by atoms with Crippen molar-refractivity contribution in [3.8, 4) is 6.07 Å². The SMILES string of the molecule is CCN(Cc1ccnc(C#N)c1)CC1CCCNC1. The highest BCUT2D eigenvalue weighted by molar-refractivity contribution is 5.25. The summed E-state index contributed by atoms with van der Waals surface area (Å²) in [6.07, 6.45) is 4.34. The van der Waals surface area contributed by atoms with Gasteiger partial charge in [-0.25, -0.2) is 4.98 Å². The maximum Gasteiger partial charge on any atom is 0.140 e. The van der Waals surface area contributed by atoms with Crippen LogP contribution in [0.3, 0.4) is 0 Å². The lowest BCUT2D eigenvalue weighted by Crippen LogP contribution is -2.38. The van der Waals surface area contributed by atoms with Crippen LogP contribution in [0.4, 0.5) is 0 Å². The van der Waals surface area contributed by atoms with Gasteiger partial charge >= 0.3 is 0 Å². The van der Waals surface area contributed by atoms with Crippen LogP contribution in [0.1, 0.15) is 31.0 Å². The van der Waals surface area contributed by atoms with E-state index in [-0.39, 0.29) is 0 Å². The third-order valence-corrected chi connectivity index (χ3v) is 3.71. The predicted octanol–water partition coefficient (Wildman–Crippen LogP) is 1.77. The molecular weight excluding hydrogens is 236 g/mol. The Balaban J connectivity index is 1.92. The van der Waals surface area contributed by atoms with Gasteiger partial charge in [-0.05, 0) is 56.1 Å². The summed E-state index contributed by atoms with van der Waals surface area (Å²) in [5, 5.41) is 12.3. The first kappa shape index (κ1) is 14.0. The smallest absolute Gasteiger partial charge is 0.140 e. The summed E-state index contributed by atoms with van der Waals surface area (Å²) in [5.41, 5.74) is 1.69. The molecule has 0 aliphatic carbocycles. The molecule has 1 unspecified atom stereocenters. The second kappa shape index (κ2) is 7.22. The van der Waals surface area contributed by atoms with Gasteiger partial charge in [0.2, 0.25) is 0 Å². The fraction of sp³-hybridized carbons (Fsp3) is 0.600. The molecule has 0 radical (unpaired) electrons. The van der Waals surface area contributed by atoms with Crippen molar-refractivity contribution in [2.75, 3.05) is 26.2 Å². The highest BCUT2D eigenvalue weighted by Crippen LogP contribution is 2.14. The Morgan fingerprint density at radius 3 is 3.16 bits per heavy atom. The fourth-order valence-corrected chi connectivity index (χ4v) is 2.64. The molecule has 2 heterocycles. The highest BCUT2D eigenvalue weighted by atomic mass is 15.1. The van der Waals surface area contributed by atoms with Crippen molar-refractivity contribution >= 4 is 0 Å². The van der Waals surface area contributed by atoms with Crippen molar-refractivity contribution in [1.29, 1.82) is 5.26 Å². The number of nitrogens with zero attached hydrogens (tertiary/aromatic N) is 3. The van der Waals surface area contributed by atoms with Crippen LogP contribution in [0.5, 0.6) is 0 Å². The quantitative estimate of drug-likeness (QED) is 0.874. The van der Waals surface area contributed by atoms with E-state index in [0.29, 0.717) is 5.69 Å². The largest absolute Gasteiger partial charge is 0.316 e. The molecule has 1 N–H and O–H groups in total. The molecule has 1 aliphatic heterocycles. The van der Waals surface area contributed by atoms with E-state index in [1.54, 1.807) is 6.20 Å². The third-order valence-electron chi connectivity index (χ3n) is 3.71. The molecule has 1 aliphatic rings. The van der Waals surface area contributed by atoms with E-state index in [1.165, 1.54) is 24.9 Å². The molecule has 1 atom stereocenters. The van der Waals surface area contributed by atoms with Gasteiger partial charge in [-0.3, -0.25) is 4.90 Å². The number of hydrogen-bond donors (Lipinski definition) is 1. The van der Waals surface area contributed by atoms with Gasteiger partial charge in [0.05, 0.1) is 0 Å². The van der Waals surface area contributed by atoms with Gasteiger partial charge in [0.1, 0.15) is 11.8 Å². The van der Waals surface area contributed by atoms with Crippen molar-refractivity contribution in [2.45, 2.75) is 26.3 Å². The Kier molecular flexibility index (Phi) is 5.31. The van der Waals surface area contributed by atoms with Crippen molar-refractivity contribution < 1.29 is 0 Å². The Morgan fingerprint density at radius 1 is 1.58 bits per heavy atom. The monoisotopic (exact) mass is 258 g/mol. The molecule has 1 aromatic heterocycles. The van der Waals surface area contributed by atoms with Gasteiger partial charge in [-0.1, -0.05) is 6.92 Å². The van der Waals surface area contributed by atoms with E-state index in [0.717, 1.165) is 32.1 Å². The first-order valence-corrected chi connectivity index (χ1v) is 7.10. The zero-order valence-corrected chi connectivity index (χ0v) is 11.6. The molecule has 102 valence electrons. The number of nitriles is 1. The molecule has 19 heavy (non-hydrogen) atoms. The molecule has 0 saturated carbocycles. The average Bonchev–Trinajstić information content (AvgIpc) is 2.48. The minimum atomic E-state index is 0.507. The molecule has 1 aromatic rings. The van der Waals surface area contributed by atoms with Gasteiger partial charge in [0.25, 0.3) is 0 Å². The Hall–Kier alpha value is -1.44. The lowest BCUT2D eigenvalue weighted by atomic mass is 9.99. The van der Waals surface area contributed by atoms with Crippen LogP contribution >= 0.6 is 0 Å². The zero-order valence-electron chi connectivity index (χ0n) is 11.6. The summed E-state index contributed by atoms with van der Waals surface area (Å²) in [6.45, 7) is 7.58.